The predicted molar refractivity (Wildman–Crippen MR) is 142 cm³/mol. The van der Waals surface area contributed by atoms with Crippen molar-refractivity contribution in [2.75, 3.05) is 64.4 Å². The van der Waals surface area contributed by atoms with Crippen molar-refractivity contribution in [3.05, 3.63) is 46.7 Å². The average Bonchev–Trinajstić information content (AvgIpc) is 3.41. The van der Waals surface area contributed by atoms with Crippen LogP contribution in [-0.4, -0.2) is 87.1 Å². The number of thiophene rings is 1. The molecule has 2 atom stereocenters. The average molecular weight is 502 g/mol. The third kappa shape index (κ3) is 7.43. The second kappa shape index (κ2) is 13.5. The van der Waals surface area contributed by atoms with Crippen molar-refractivity contribution >= 4 is 28.8 Å². The second-order valence-corrected chi connectivity index (χ2v) is 9.71. The normalized spacial score (nSPS) is 16.1. The summed E-state index contributed by atoms with van der Waals surface area (Å²) >= 11 is 1.69. The molecule has 1 fully saturated rings. The Hall–Kier alpha value is -2.62. The van der Waals surface area contributed by atoms with Gasteiger partial charge in [0.2, 0.25) is 0 Å². The van der Waals surface area contributed by atoms with Crippen LogP contribution >= 0.6 is 11.3 Å². The maximum Gasteiger partial charge on any atom is 0.309 e. The topological polar surface area (TPSA) is 77.2 Å². The molecule has 0 bridgehead atoms. The summed E-state index contributed by atoms with van der Waals surface area (Å²) in [5.74, 6) is -0.291. The lowest BCUT2D eigenvalue weighted by Gasteiger charge is -2.42. The van der Waals surface area contributed by atoms with Gasteiger partial charge in [-0.25, -0.2) is 0 Å². The van der Waals surface area contributed by atoms with Crippen molar-refractivity contribution in [2.24, 2.45) is 0 Å². The zero-order valence-corrected chi connectivity index (χ0v) is 22.1. The SMILES string of the molecule is CCN(CC)CCNC(=O)C(=O)N[C@@H](C)[C@H](c1cccs1)N1CCN(c2ccc(OC)cc2)CC1. The Kier molecular flexibility index (Phi) is 10.4. The minimum Gasteiger partial charge on any atom is -0.497 e. The number of hydrogen-bond acceptors (Lipinski definition) is 7. The van der Waals surface area contributed by atoms with Crippen molar-refractivity contribution in [1.82, 2.24) is 20.4 Å². The van der Waals surface area contributed by atoms with Crippen molar-refractivity contribution in [1.29, 1.82) is 0 Å². The molecule has 0 radical (unpaired) electrons. The Bertz CT molecular complexity index is 910. The van der Waals surface area contributed by atoms with E-state index in [2.05, 4.69) is 62.8 Å². The minimum atomic E-state index is -0.574. The van der Waals surface area contributed by atoms with Crippen molar-refractivity contribution in [3.8, 4) is 5.75 Å². The number of piperazine rings is 1. The summed E-state index contributed by atoms with van der Waals surface area (Å²) < 4.78 is 5.27. The molecule has 0 spiro atoms. The van der Waals surface area contributed by atoms with Gasteiger partial charge in [-0.3, -0.25) is 14.5 Å². The van der Waals surface area contributed by atoms with Crippen LogP contribution in [0.3, 0.4) is 0 Å². The number of nitrogens with zero attached hydrogens (tertiary/aromatic N) is 3. The van der Waals surface area contributed by atoms with E-state index < -0.39 is 11.8 Å². The van der Waals surface area contributed by atoms with Crippen molar-refractivity contribution < 1.29 is 14.3 Å². The Morgan fingerprint density at radius 2 is 1.74 bits per heavy atom. The molecule has 2 heterocycles. The number of rotatable bonds is 11. The first kappa shape index (κ1) is 27.0. The Labute approximate surface area is 213 Å². The predicted octanol–water partition coefficient (Wildman–Crippen LogP) is 2.58. The molecule has 1 saturated heterocycles. The summed E-state index contributed by atoms with van der Waals surface area (Å²) in [6.45, 7) is 12.7. The Balaban J connectivity index is 1.58. The molecule has 1 aliphatic rings. The van der Waals surface area contributed by atoms with Crippen LogP contribution in [0.2, 0.25) is 0 Å². The zero-order valence-electron chi connectivity index (χ0n) is 21.3. The molecule has 2 N–H and O–H groups in total. The summed E-state index contributed by atoms with van der Waals surface area (Å²) in [5.41, 5.74) is 1.18. The summed E-state index contributed by atoms with van der Waals surface area (Å²) in [5, 5.41) is 7.77. The Morgan fingerprint density at radius 1 is 1.06 bits per heavy atom. The highest BCUT2D eigenvalue weighted by atomic mass is 32.1. The number of anilines is 1. The van der Waals surface area contributed by atoms with Crippen LogP contribution in [0, 0.1) is 0 Å². The number of hydrogen-bond donors (Lipinski definition) is 2. The fourth-order valence-electron chi connectivity index (χ4n) is 4.55. The summed E-state index contributed by atoms with van der Waals surface area (Å²) in [6, 6.07) is 12.1. The highest BCUT2D eigenvalue weighted by Crippen LogP contribution is 2.30. The molecular weight excluding hydrogens is 462 g/mol. The number of ether oxygens (including phenoxy) is 1. The number of amides is 2. The third-order valence-corrected chi connectivity index (χ3v) is 7.57. The molecule has 1 aromatic heterocycles. The number of carbonyl (C=O) groups is 2. The fraction of sp³-hybridized carbons (Fsp3) is 0.538. The van der Waals surface area contributed by atoms with E-state index in [1.54, 1.807) is 18.4 Å². The molecule has 0 aliphatic carbocycles. The van der Waals surface area contributed by atoms with Crippen LogP contribution in [0.15, 0.2) is 41.8 Å². The maximum atomic E-state index is 12.6. The van der Waals surface area contributed by atoms with E-state index in [9.17, 15) is 9.59 Å². The van der Waals surface area contributed by atoms with Gasteiger partial charge >= 0.3 is 11.8 Å². The lowest BCUT2D eigenvalue weighted by Crippen LogP contribution is -2.54. The number of benzene rings is 1. The first-order chi connectivity index (χ1) is 17.0. The van der Waals surface area contributed by atoms with Gasteiger partial charge in [-0.05, 0) is 55.7 Å². The molecule has 9 heteroatoms. The van der Waals surface area contributed by atoms with E-state index >= 15 is 0 Å². The summed E-state index contributed by atoms with van der Waals surface area (Å²) in [7, 11) is 1.67. The summed E-state index contributed by atoms with van der Waals surface area (Å²) in [4.78, 5) is 33.2. The van der Waals surface area contributed by atoms with Gasteiger partial charge in [0, 0.05) is 55.9 Å². The van der Waals surface area contributed by atoms with Gasteiger partial charge in [0.25, 0.3) is 0 Å². The van der Waals surface area contributed by atoms with Gasteiger partial charge < -0.3 is 25.2 Å². The van der Waals surface area contributed by atoms with Crippen LogP contribution < -0.4 is 20.3 Å². The van der Waals surface area contributed by atoms with Gasteiger partial charge in [0.1, 0.15) is 5.75 Å². The highest BCUT2D eigenvalue weighted by molar-refractivity contribution is 7.10. The van der Waals surface area contributed by atoms with E-state index in [1.807, 2.05) is 25.1 Å². The lowest BCUT2D eigenvalue weighted by molar-refractivity contribution is -0.139. The lowest BCUT2D eigenvalue weighted by atomic mass is 10.0. The molecule has 0 saturated carbocycles. The number of likely N-dealkylation sites (N-methyl/N-ethyl adjacent to an activating group) is 1. The van der Waals surface area contributed by atoms with Crippen molar-refractivity contribution in [2.45, 2.75) is 32.9 Å². The summed E-state index contributed by atoms with van der Waals surface area (Å²) in [6.07, 6.45) is 0. The van der Waals surface area contributed by atoms with Gasteiger partial charge in [-0.15, -0.1) is 11.3 Å². The number of carbonyl (C=O) groups excluding carboxylic acids is 2. The van der Waals surface area contributed by atoms with Crippen LogP contribution in [-0.2, 0) is 9.59 Å². The zero-order chi connectivity index (χ0) is 25.2. The van der Waals surface area contributed by atoms with Crippen LogP contribution in [0.5, 0.6) is 5.75 Å². The first-order valence-corrected chi connectivity index (χ1v) is 13.3. The van der Waals surface area contributed by atoms with E-state index in [0.29, 0.717) is 6.54 Å². The molecule has 0 unspecified atom stereocenters. The van der Waals surface area contributed by atoms with Gasteiger partial charge in [0.05, 0.1) is 13.2 Å². The number of nitrogens with one attached hydrogen (secondary N) is 2. The molecule has 8 nitrogen and oxygen atoms in total. The Morgan fingerprint density at radius 3 is 2.31 bits per heavy atom. The molecule has 2 aromatic rings. The minimum absolute atomic E-state index is 0.0143. The first-order valence-electron chi connectivity index (χ1n) is 12.4. The van der Waals surface area contributed by atoms with Gasteiger partial charge in [-0.1, -0.05) is 19.9 Å². The van der Waals surface area contributed by atoms with Gasteiger partial charge in [-0.2, -0.15) is 0 Å². The standard InChI is InChI=1S/C26H39N5O3S/c1-5-29(6-2)14-13-27-25(32)26(33)28-20(3)24(23-8-7-19-35-23)31-17-15-30(16-18-31)21-9-11-22(34-4)12-10-21/h7-12,19-20,24H,5-6,13-18H2,1-4H3,(H,27,32)(H,28,33)/t20-,24+/m0/s1. The van der Waals surface area contributed by atoms with Crippen LogP contribution in [0.25, 0.3) is 0 Å². The molecule has 3 rings (SSSR count). The van der Waals surface area contributed by atoms with Gasteiger partial charge in [0.15, 0.2) is 0 Å². The molecule has 1 aromatic carbocycles. The molecule has 35 heavy (non-hydrogen) atoms. The largest absolute Gasteiger partial charge is 0.497 e. The van der Waals surface area contributed by atoms with Crippen LogP contribution in [0.4, 0.5) is 5.69 Å². The third-order valence-electron chi connectivity index (χ3n) is 6.63. The molecule has 1 aliphatic heterocycles. The van der Waals surface area contributed by atoms with E-state index in [4.69, 9.17) is 4.74 Å². The molecule has 2 amide bonds. The fourth-order valence-corrected chi connectivity index (χ4v) is 5.52. The maximum absolute atomic E-state index is 12.6. The van der Waals surface area contributed by atoms with E-state index in [0.717, 1.165) is 51.6 Å². The van der Waals surface area contributed by atoms with E-state index in [-0.39, 0.29) is 12.1 Å². The van der Waals surface area contributed by atoms with Crippen LogP contribution in [0.1, 0.15) is 31.7 Å². The molecular formula is C26H39N5O3S. The van der Waals surface area contributed by atoms with E-state index in [1.165, 1.54) is 10.6 Å². The highest BCUT2D eigenvalue weighted by Gasteiger charge is 2.32. The second-order valence-electron chi connectivity index (χ2n) is 8.73. The number of methoxy groups -OCH3 is 1. The smallest absolute Gasteiger partial charge is 0.309 e. The van der Waals surface area contributed by atoms with Crippen molar-refractivity contribution in [3.63, 3.8) is 0 Å². The quantitative estimate of drug-likeness (QED) is 0.461. The molecule has 192 valence electrons. The monoisotopic (exact) mass is 501 g/mol.